The fraction of sp³-hybridized carbons (Fsp3) is 0.536. The van der Waals surface area contributed by atoms with Gasteiger partial charge in [-0.2, -0.15) is 0 Å². The Balaban J connectivity index is 2.16. The molecule has 0 N–H and O–H groups in total. The molecule has 0 aliphatic heterocycles. The van der Waals surface area contributed by atoms with Gasteiger partial charge in [-0.1, -0.05) is 50.6 Å². The van der Waals surface area contributed by atoms with Crippen molar-refractivity contribution in [2.24, 2.45) is 5.92 Å². The van der Waals surface area contributed by atoms with Crippen LogP contribution >= 0.6 is 11.6 Å². The van der Waals surface area contributed by atoms with Gasteiger partial charge >= 0.3 is 5.97 Å². The van der Waals surface area contributed by atoms with E-state index in [1.807, 2.05) is 61.3 Å². The lowest BCUT2D eigenvalue weighted by molar-refractivity contribution is -0.147. The van der Waals surface area contributed by atoms with Gasteiger partial charge in [-0.05, 0) is 49.9 Å². The van der Waals surface area contributed by atoms with Crippen LogP contribution in [0.25, 0.3) is 0 Å². The quantitative estimate of drug-likeness (QED) is 0.325. The Bertz CT molecular complexity index is 1000. The summed E-state index contributed by atoms with van der Waals surface area (Å²) in [6.45, 7) is 11.7. The van der Waals surface area contributed by atoms with Crippen molar-refractivity contribution >= 4 is 29.4 Å². The maximum Gasteiger partial charge on any atom is 0.306 e. The lowest BCUT2D eigenvalue weighted by Gasteiger charge is -2.32. The predicted octanol–water partition coefficient (Wildman–Crippen LogP) is 5.14. The first-order valence-corrected chi connectivity index (χ1v) is 13.1. The number of benzene rings is 1. The standard InChI is InChI=1S/C28H40ClN3O4/c1-6-22(5)32(26(33)14-15-28(35)36-7-2)20-27(34)31(17-21(3)4)19-24-12-10-16-30(24)18-23-11-8-9-13-25(23)29/h8-13,16,21-22H,6-7,14-15,17-20H2,1-5H3. The zero-order valence-corrected chi connectivity index (χ0v) is 23.0. The Morgan fingerprint density at radius 3 is 2.36 bits per heavy atom. The third-order valence-corrected chi connectivity index (χ3v) is 6.48. The Hall–Kier alpha value is -2.80. The number of amides is 2. The molecule has 0 fully saturated rings. The molecule has 1 heterocycles. The van der Waals surface area contributed by atoms with E-state index in [0.29, 0.717) is 31.1 Å². The van der Waals surface area contributed by atoms with E-state index in [0.717, 1.165) is 11.3 Å². The van der Waals surface area contributed by atoms with Gasteiger partial charge in [0.1, 0.15) is 0 Å². The van der Waals surface area contributed by atoms with Crippen LogP contribution in [0.3, 0.4) is 0 Å². The van der Waals surface area contributed by atoms with E-state index >= 15 is 0 Å². The third kappa shape index (κ3) is 9.01. The Kier molecular flexibility index (Phi) is 12.0. The number of aromatic nitrogens is 1. The van der Waals surface area contributed by atoms with E-state index < -0.39 is 5.97 Å². The molecule has 1 atom stereocenters. The third-order valence-electron chi connectivity index (χ3n) is 6.11. The second kappa shape index (κ2) is 14.7. The average Bonchev–Trinajstić information content (AvgIpc) is 3.27. The summed E-state index contributed by atoms with van der Waals surface area (Å²) in [5.74, 6) is -0.462. The number of nitrogens with zero attached hydrogens (tertiary/aromatic N) is 3. The number of hydrogen-bond acceptors (Lipinski definition) is 4. The number of halogens is 1. The molecular formula is C28H40ClN3O4. The Labute approximate surface area is 220 Å². The molecule has 2 amide bonds. The van der Waals surface area contributed by atoms with E-state index in [4.69, 9.17) is 16.3 Å². The molecule has 36 heavy (non-hydrogen) atoms. The van der Waals surface area contributed by atoms with Crippen molar-refractivity contribution in [3.63, 3.8) is 0 Å². The van der Waals surface area contributed by atoms with E-state index in [1.54, 1.807) is 11.8 Å². The molecule has 0 aliphatic rings. The molecule has 1 unspecified atom stereocenters. The minimum absolute atomic E-state index is 0.0130. The zero-order valence-electron chi connectivity index (χ0n) is 22.2. The monoisotopic (exact) mass is 517 g/mol. The van der Waals surface area contributed by atoms with E-state index in [2.05, 4.69) is 18.4 Å². The minimum atomic E-state index is -0.401. The van der Waals surface area contributed by atoms with Crippen LogP contribution in [0, 0.1) is 5.92 Å². The van der Waals surface area contributed by atoms with E-state index in [-0.39, 0.29) is 49.8 Å². The number of carbonyl (C=O) groups is 3. The fourth-order valence-corrected chi connectivity index (χ4v) is 4.19. The molecule has 1 aromatic carbocycles. The maximum absolute atomic E-state index is 13.5. The first kappa shape index (κ1) is 29.4. The smallest absolute Gasteiger partial charge is 0.306 e. The van der Waals surface area contributed by atoms with Crippen LogP contribution in [0.5, 0.6) is 0 Å². The molecule has 7 nitrogen and oxygen atoms in total. The minimum Gasteiger partial charge on any atom is -0.466 e. The first-order chi connectivity index (χ1) is 17.2. The molecule has 198 valence electrons. The van der Waals surface area contributed by atoms with Gasteiger partial charge in [0.2, 0.25) is 11.8 Å². The summed E-state index contributed by atoms with van der Waals surface area (Å²) in [6.07, 6.45) is 2.74. The second-order valence-electron chi connectivity index (χ2n) is 9.47. The summed E-state index contributed by atoms with van der Waals surface area (Å²) in [6, 6.07) is 11.6. The van der Waals surface area contributed by atoms with Gasteiger partial charge in [-0.25, -0.2) is 0 Å². The van der Waals surface area contributed by atoms with E-state index in [9.17, 15) is 14.4 Å². The Morgan fingerprint density at radius 1 is 1.00 bits per heavy atom. The van der Waals surface area contributed by atoms with Gasteiger partial charge in [0.15, 0.2) is 0 Å². The highest BCUT2D eigenvalue weighted by Gasteiger charge is 2.26. The van der Waals surface area contributed by atoms with Crippen LogP contribution in [0.4, 0.5) is 0 Å². The van der Waals surface area contributed by atoms with Gasteiger partial charge in [-0.15, -0.1) is 0 Å². The molecule has 1 aromatic heterocycles. The average molecular weight is 518 g/mol. The van der Waals surface area contributed by atoms with Crippen molar-refractivity contribution in [3.8, 4) is 0 Å². The number of rotatable bonds is 14. The van der Waals surface area contributed by atoms with Gasteiger partial charge in [0, 0.05) is 42.5 Å². The molecule has 0 aliphatic carbocycles. The Morgan fingerprint density at radius 2 is 1.72 bits per heavy atom. The van der Waals surface area contributed by atoms with Crippen molar-refractivity contribution in [2.75, 3.05) is 19.7 Å². The lowest BCUT2D eigenvalue weighted by Crippen LogP contribution is -2.47. The van der Waals surface area contributed by atoms with Crippen molar-refractivity contribution in [1.29, 1.82) is 0 Å². The SMILES string of the molecule is CCOC(=O)CCC(=O)N(CC(=O)N(Cc1cccn1Cc1ccccc1Cl)CC(C)C)C(C)CC. The predicted molar refractivity (Wildman–Crippen MR) is 143 cm³/mol. The van der Waals surface area contributed by atoms with Gasteiger partial charge < -0.3 is 19.1 Å². The lowest BCUT2D eigenvalue weighted by atomic mass is 10.1. The van der Waals surface area contributed by atoms with Gasteiger partial charge in [0.25, 0.3) is 0 Å². The molecule has 0 saturated carbocycles. The number of esters is 1. The summed E-state index contributed by atoms with van der Waals surface area (Å²) in [4.78, 5) is 41.6. The largest absolute Gasteiger partial charge is 0.466 e. The summed E-state index contributed by atoms with van der Waals surface area (Å²) in [7, 11) is 0. The van der Waals surface area contributed by atoms with Crippen molar-refractivity contribution in [3.05, 3.63) is 58.9 Å². The molecule has 0 radical (unpaired) electrons. The summed E-state index contributed by atoms with van der Waals surface area (Å²) >= 11 is 6.37. The van der Waals surface area contributed by atoms with Crippen LogP contribution in [-0.2, 0) is 32.2 Å². The molecule has 8 heteroatoms. The van der Waals surface area contributed by atoms with Crippen LogP contribution in [-0.4, -0.2) is 57.9 Å². The fourth-order valence-electron chi connectivity index (χ4n) is 3.99. The van der Waals surface area contributed by atoms with Crippen molar-refractivity contribution in [1.82, 2.24) is 14.4 Å². The highest BCUT2D eigenvalue weighted by atomic mass is 35.5. The molecule has 0 bridgehead atoms. The zero-order chi connectivity index (χ0) is 26.7. The highest BCUT2D eigenvalue weighted by molar-refractivity contribution is 6.31. The number of ether oxygens (including phenoxy) is 1. The highest BCUT2D eigenvalue weighted by Crippen LogP contribution is 2.19. The number of carbonyl (C=O) groups excluding carboxylic acids is 3. The van der Waals surface area contributed by atoms with Crippen LogP contribution < -0.4 is 0 Å². The van der Waals surface area contributed by atoms with Crippen molar-refractivity contribution in [2.45, 2.75) is 73.0 Å². The second-order valence-corrected chi connectivity index (χ2v) is 9.88. The van der Waals surface area contributed by atoms with Gasteiger partial charge in [-0.3, -0.25) is 14.4 Å². The van der Waals surface area contributed by atoms with Gasteiger partial charge in [0.05, 0.1) is 26.1 Å². The molecule has 2 aromatic rings. The molecule has 2 rings (SSSR count). The topological polar surface area (TPSA) is 71.8 Å². The summed E-state index contributed by atoms with van der Waals surface area (Å²) in [5.41, 5.74) is 2.00. The number of hydrogen-bond donors (Lipinski definition) is 0. The first-order valence-electron chi connectivity index (χ1n) is 12.8. The maximum atomic E-state index is 13.5. The molecule has 0 spiro atoms. The van der Waals surface area contributed by atoms with E-state index in [1.165, 1.54) is 0 Å². The van der Waals surface area contributed by atoms with Crippen molar-refractivity contribution < 1.29 is 19.1 Å². The molecular weight excluding hydrogens is 478 g/mol. The normalized spacial score (nSPS) is 11.9. The summed E-state index contributed by atoms with van der Waals surface area (Å²) in [5, 5.41) is 0.706. The molecule has 0 saturated heterocycles. The van der Waals surface area contributed by atoms with Crippen LogP contribution in [0.1, 0.15) is 65.1 Å². The summed E-state index contributed by atoms with van der Waals surface area (Å²) < 4.78 is 7.04. The van der Waals surface area contributed by atoms with Crippen LogP contribution in [0.15, 0.2) is 42.6 Å². The van der Waals surface area contributed by atoms with Crippen LogP contribution in [0.2, 0.25) is 5.02 Å².